The fourth-order valence-electron chi connectivity index (χ4n) is 3.74. The summed E-state index contributed by atoms with van der Waals surface area (Å²) in [6.45, 7) is 7.52. The number of guanidine groups is 1. The minimum atomic E-state index is 0.677. The van der Waals surface area contributed by atoms with E-state index in [1.165, 1.54) is 24.8 Å². The van der Waals surface area contributed by atoms with E-state index in [0.29, 0.717) is 6.54 Å². The Morgan fingerprint density at radius 1 is 1.20 bits per heavy atom. The van der Waals surface area contributed by atoms with Crippen molar-refractivity contribution in [2.75, 3.05) is 20.2 Å². The Morgan fingerprint density at radius 3 is 2.93 bits per heavy atom. The van der Waals surface area contributed by atoms with Crippen LogP contribution in [0, 0.1) is 6.92 Å². The molecule has 1 aliphatic rings. The van der Waals surface area contributed by atoms with Crippen LogP contribution in [-0.2, 0) is 25.9 Å². The van der Waals surface area contributed by atoms with Gasteiger partial charge in [-0.3, -0.25) is 4.99 Å². The molecule has 3 rings (SSSR count). The predicted molar refractivity (Wildman–Crippen MR) is 121 cm³/mol. The molecule has 30 heavy (non-hydrogen) atoms. The van der Waals surface area contributed by atoms with Crippen LogP contribution in [-0.4, -0.2) is 40.9 Å². The molecule has 0 radical (unpaired) electrons. The van der Waals surface area contributed by atoms with E-state index in [9.17, 15) is 0 Å². The molecule has 164 valence electrons. The van der Waals surface area contributed by atoms with E-state index in [2.05, 4.69) is 62.4 Å². The summed E-state index contributed by atoms with van der Waals surface area (Å²) < 4.78 is 8.24. The van der Waals surface area contributed by atoms with Gasteiger partial charge in [-0.25, -0.2) is 0 Å². The minimum absolute atomic E-state index is 0.677. The maximum Gasteiger partial charge on any atom is 0.191 e. The van der Waals surface area contributed by atoms with Crippen molar-refractivity contribution in [3.63, 3.8) is 0 Å². The molecular formula is C23H36N6O. The summed E-state index contributed by atoms with van der Waals surface area (Å²) in [4.78, 5) is 4.35. The number of hydrogen-bond donors (Lipinski definition) is 2. The molecule has 1 aromatic heterocycles. The van der Waals surface area contributed by atoms with Gasteiger partial charge in [-0.2, -0.15) is 0 Å². The van der Waals surface area contributed by atoms with E-state index >= 15 is 0 Å². The molecule has 0 saturated carbocycles. The van der Waals surface area contributed by atoms with Crippen molar-refractivity contribution < 1.29 is 4.74 Å². The molecule has 2 aromatic rings. The highest BCUT2D eigenvalue weighted by molar-refractivity contribution is 5.79. The van der Waals surface area contributed by atoms with Crippen LogP contribution >= 0.6 is 0 Å². The van der Waals surface area contributed by atoms with E-state index in [0.717, 1.165) is 74.3 Å². The molecule has 0 aliphatic carbocycles. The Balaban J connectivity index is 1.45. The highest BCUT2D eigenvalue weighted by Crippen LogP contribution is 2.20. The highest BCUT2D eigenvalue weighted by atomic mass is 16.5. The van der Waals surface area contributed by atoms with Crippen LogP contribution in [0.3, 0.4) is 0 Å². The van der Waals surface area contributed by atoms with Crippen LogP contribution in [0.5, 0.6) is 5.75 Å². The first-order chi connectivity index (χ1) is 14.7. The van der Waals surface area contributed by atoms with E-state index in [-0.39, 0.29) is 0 Å². The van der Waals surface area contributed by atoms with Gasteiger partial charge in [-0.05, 0) is 44.2 Å². The van der Waals surface area contributed by atoms with Crippen molar-refractivity contribution in [2.24, 2.45) is 4.99 Å². The minimum Gasteiger partial charge on any atom is -0.493 e. The smallest absolute Gasteiger partial charge is 0.191 e. The number of aliphatic imine (C=N–C) groups is 1. The molecule has 7 nitrogen and oxygen atoms in total. The fraction of sp³-hybridized carbons (Fsp3) is 0.609. The van der Waals surface area contributed by atoms with Gasteiger partial charge in [0.15, 0.2) is 5.96 Å². The van der Waals surface area contributed by atoms with Crippen molar-refractivity contribution in [2.45, 2.75) is 71.9 Å². The molecule has 2 N–H and O–H groups in total. The molecule has 1 aliphatic heterocycles. The topological polar surface area (TPSA) is 76.4 Å². The monoisotopic (exact) mass is 412 g/mol. The second-order valence-electron chi connectivity index (χ2n) is 7.91. The first-order valence-electron chi connectivity index (χ1n) is 11.3. The third kappa shape index (κ3) is 6.21. The van der Waals surface area contributed by atoms with E-state index in [1.54, 1.807) is 7.05 Å². The number of nitrogens with one attached hydrogen (secondary N) is 2. The number of ether oxygens (including phenoxy) is 1. The zero-order chi connectivity index (χ0) is 21.2. The summed E-state index contributed by atoms with van der Waals surface area (Å²) in [5.41, 5.74) is 2.35. The Morgan fingerprint density at radius 2 is 2.10 bits per heavy atom. The van der Waals surface area contributed by atoms with E-state index in [4.69, 9.17) is 4.74 Å². The van der Waals surface area contributed by atoms with Crippen LogP contribution in [0.4, 0.5) is 0 Å². The second kappa shape index (κ2) is 11.6. The zero-order valence-corrected chi connectivity index (χ0v) is 18.7. The third-order valence-electron chi connectivity index (χ3n) is 5.41. The van der Waals surface area contributed by atoms with Gasteiger partial charge in [0.05, 0.1) is 6.61 Å². The molecular weight excluding hydrogens is 376 g/mol. The molecule has 0 bridgehead atoms. The van der Waals surface area contributed by atoms with Crippen molar-refractivity contribution in [1.82, 2.24) is 25.4 Å². The molecule has 7 heteroatoms. The molecule has 0 spiro atoms. The molecule has 0 amide bonds. The van der Waals surface area contributed by atoms with Crippen molar-refractivity contribution in [3.05, 3.63) is 41.0 Å². The quantitative estimate of drug-likeness (QED) is 0.375. The Bertz CT molecular complexity index is 829. The number of rotatable bonds is 9. The first kappa shape index (κ1) is 22.1. The summed E-state index contributed by atoms with van der Waals surface area (Å²) in [7, 11) is 1.80. The van der Waals surface area contributed by atoms with Crippen molar-refractivity contribution in [1.29, 1.82) is 0 Å². The van der Waals surface area contributed by atoms with Gasteiger partial charge in [-0.1, -0.05) is 25.5 Å². The number of aryl methyl sites for hydroxylation is 3. The predicted octanol–water partition coefficient (Wildman–Crippen LogP) is 3.40. The van der Waals surface area contributed by atoms with Crippen LogP contribution in [0.2, 0.25) is 0 Å². The number of nitrogens with zero attached hydrogens (tertiary/aromatic N) is 4. The van der Waals surface area contributed by atoms with Gasteiger partial charge in [0.1, 0.15) is 17.4 Å². The van der Waals surface area contributed by atoms with Crippen LogP contribution < -0.4 is 15.4 Å². The molecule has 0 unspecified atom stereocenters. The average Bonchev–Trinajstić information content (AvgIpc) is 2.98. The molecule has 2 heterocycles. The number of fused-ring (bicyclic) bond motifs is 1. The number of benzene rings is 1. The van der Waals surface area contributed by atoms with E-state index in [1.807, 2.05) is 0 Å². The number of hydrogen-bond acceptors (Lipinski definition) is 4. The summed E-state index contributed by atoms with van der Waals surface area (Å²) in [5.74, 6) is 4.03. The Labute approximate surface area is 180 Å². The van der Waals surface area contributed by atoms with Gasteiger partial charge in [0.2, 0.25) is 0 Å². The summed E-state index contributed by atoms with van der Waals surface area (Å²) >= 11 is 0. The average molecular weight is 413 g/mol. The van der Waals surface area contributed by atoms with Gasteiger partial charge >= 0.3 is 0 Å². The lowest BCUT2D eigenvalue weighted by atomic mass is 10.1. The largest absolute Gasteiger partial charge is 0.493 e. The van der Waals surface area contributed by atoms with Crippen LogP contribution in [0.15, 0.2) is 23.2 Å². The third-order valence-corrected chi connectivity index (χ3v) is 5.41. The molecule has 0 atom stereocenters. The lowest BCUT2D eigenvalue weighted by molar-refractivity contribution is 0.313. The Hall–Kier alpha value is -2.57. The molecule has 0 fully saturated rings. The maximum absolute atomic E-state index is 5.91. The summed E-state index contributed by atoms with van der Waals surface area (Å²) in [6.07, 6.45) is 7.74. The van der Waals surface area contributed by atoms with Crippen molar-refractivity contribution >= 4 is 5.96 Å². The lowest BCUT2D eigenvalue weighted by Crippen LogP contribution is -2.37. The van der Waals surface area contributed by atoms with E-state index < -0.39 is 0 Å². The van der Waals surface area contributed by atoms with Gasteiger partial charge < -0.3 is 19.9 Å². The van der Waals surface area contributed by atoms with Gasteiger partial charge in [0.25, 0.3) is 0 Å². The molecule has 1 aromatic carbocycles. The normalized spacial score (nSPS) is 14.2. The second-order valence-corrected chi connectivity index (χ2v) is 7.91. The van der Waals surface area contributed by atoms with Crippen molar-refractivity contribution in [3.8, 4) is 5.75 Å². The van der Waals surface area contributed by atoms with Gasteiger partial charge in [-0.15, -0.1) is 10.2 Å². The molecule has 0 saturated heterocycles. The van der Waals surface area contributed by atoms with Crippen LogP contribution in [0.25, 0.3) is 0 Å². The van der Waals surface area contributed by atoms with Crippen LogP contribution in [0.1, 0.15) is 61.8 Å². The first-order valence-corrected chi connectivity index (χ1v) is 11.3. The highest BCUT2D eigenvalue weighted by Gasteiger charge is 2.14. The fourth-order valence-corrected chi connectivity index (χ4v) is 3.74. The summed E-state index contributed by atoms with van der Waals surface area (Å²) in [6, 6.07) is 6.34. The van der Waals surface area contributed by atoms with Gasteiger partial charge in [0, 0.05) is 45.1 Å². The zero-order valence-electron chi connectivity index (χ0n) is 18.7. The standard InChI is InChI=1S/C23H36N6O/c1-4-15-30-20-16-18(2)11-12-19(20)17-26-23(24-3)25-13-8-10-22-28-27-21-9-6-5-7-14-29(21)22/h11-12,16H,4-10,13-15,17H2,1-3H3,(H2,24,25,26). The Kier molecular flexibility index (Phi) is 8.53. The number of aromatic nitrogens is 3. The summed E-state index contributed by atoms with van der Waals surface area (Å²) in [5, 5.41) is 15.6. The SMILES string of the molecule is CCCOc1cc(C)ccc1CNC(=NC)NCCCc1nnc2n1CCCCC2. The lowest BCUT2D eigenvalue weighted by Gasteiger charge is -2.15. The maximum atomic E-state index is 5.91.